The first kappa shape index (κ1) is 56.0. The molecule has 20 nitrogen and oxygen atoms in total. The van der Waals surface area contributed by atoms with Crippen molar-refractivity contribution in [2.75, 3.05) is 51.9 Å². The number of pyridine rings is 1. The number of Topliss-reactive ketones (excluding diaryl/α,β-unsaturated/α-hetero) is 1. The van der Waals surface area contributed by atoms with Crippen LogP contribution in [0.15, 0.2) is 40.6 Å². The highest BCUT2D eigenvalue weighted by Crippen LogP contribution is 2.35. The van der Waals surface area contributed by atoms with Crippen molar-refractivity contribution in [2.45, 2.75) is 131 Å². The molecule has 1 fully saturated rings. The number of ether oxygens (including phenoxy) is 3. The van der Waals surface area contributed by atoms with E-state index in [-0.39, 0.29) is 81.7 Å². The summed E-state index contributed by atoms with van der Waals surface area (Å²) in [5, 5.41) is 34.2. The highest BCUT2D eigenvalue weighted by atomic mass is 32.1. The number of hydrogen-bond donors (Lipinski definition) is 5. The van der Waals surface area contributed by atoms with E-state index in [9.17, 15) is 29.4 Å². The van der Waals surface area contributed by atoms with Crippen molar-refractivity contribution in [3.8, 4) is 39.5 Å². The summed E-state index contributed by atoms with van der Waals surface area (Å²) in [6, 6.07) is 7.01. The number of nitrogens with two attached hydrogens (primary N) is 1. The first-order chi connectivity index (χ1) is 34.8. The first-order valence-corrected chi connectivity index (χ1v) is 25.8. The van der Waals surface area contributed by atoms with Crippen LogP contribution in [-0.4, -0.2) is 132 Å². The van der Waals surface area contributed by atoms with Crippen LogP contribution in [-0.2, 0) is 41.7 Å². The number of benzene rings is 1. The third-order valence-corrected chi connectivity index (χ3v) is 13.3. The van der Waals surface area contributed by atoms with E-state index in [0.717, 1.165) is 53.8 Å². The fourth-order valence-corrected chi connectivity index (χ4v) is 9.25. The van der Waals surface area contributed by atoms with E-state index in [1.54, 1.807) is 31.4 Å². The molecular formula is C52H70N10O10S. The normalized spacial score (nSPS) is 15.3. The molecule has 73 heavy (non-hydrogen) atoms. The molecule has 0 spiro atoms. The number of carbonyl (C=O) groups is 4. The molecule has 1 aliphatic rings. The number of carbonyl (C=O) groups excluding carboxylic acids is 4. The molecule has 0 aliphatic carbocycles. The van der Waals surface area contributed by atoms with Crippen molar-refractivity contribution in [2.24, 2.45) is 11.3 Å². The number of aliphatic hydroxyl groups excluding tert-OH is 1. The van der Waals surface area contributed by atoms with Crippen LogP contribution < -0.4 is 21.1 Å². The van der Waals surface area contributed by atoms with Crippen LogP contribution >= 0.6 is 11.3 Å². The molecule has 3 atom stereocenters. The van der Waals surface area contributed by atoms with Crippen LogP contribution in [0.1, 0.15) is 110 Å². The average molecular weight is 1030 g/mol. The summed E-state index contributed by atoms with van der Waals surface area (Å²) < 4.78 is 24.1. The van der Waals surface area contributed by atoms with Crippen molar-refractivity contribution in [3.05, 3.63) is 52.9 Å². The number of anilines is 1. The summed E-state index contributed by atoms with van der Waals surface area (Å²) in [7, 11) is 0. The number of rotatable bonds is 26. The van der Waals surface area contributed by atoms with Gasteiger partial charge in [-0.2, -0.15) is 0 Å². The SMILES string of the molecule is CCn1c(-c2nonc2N)nc2c(C#CC(C)(C)O)ncc(OCCCCCCCC(=O)NCCOCCOCC(=O)C[C@H](C(=O)N3C[C@H](O)C[C@H]3C(=O)NCc3ccc(-c4scnc4C)cc3)C(C)(C)C)c21. The molecular weight excluding hydrogens is 957 g/mol. The highest BCUT2D eigenvalue weighted by molar-refractivity contribution is 7.13. The first-order valence-electron chi connectivity index (χ1n) is 24.9. The lowest BCUT2D eigenvalue weighted by Crippen LogP contribution is -2.50. The average Bonchev–Trinajstić information content (AvgIpc) is 4.16. The Labute approximate surface area is 430 Å². The topological polar surface area (TPSA) is 272 Å². The second-order valence-electron chi connectivity index (χ2n) is 19.8. The van der Waals surface area contributed by atoms with Crippen molar-refractivity contribution < 1.29 is 48.2 Å². The van der Waals surface area contributed by atoms with Gasteiger partial charge in [-0.1, -0.05) is 70.2 Å². The second-order valence-corrected chi connectivity index (χ2v) is 20.6. The Balaban J connectivity index is 0.827. The van der Waals surface area contributed by atoms with E-state index < -0.39 is 29.1 Å². The molecule has 6 rings (SSSR count). The van der Waals surface area contributed by atoms with Crippen LogP contribution in [0.3, 0.4) is 0 Å². The smallest absolute Gasteiger partial charge is 0.243 e. The molecule has 0 unspecified atom stereocenters. The zero-order chi connectivity index (χ0) is 52.7. The number of nitrogens with zero attached hydrogens (tertiary/aromatic N) is 7. The predicted octanol–water partition coefficient (Wildman–Crippen LogP) is 5.41. The van der Waals surface area contributed by atoms with E-state index in [0.29, 0.717) is 60.1 Å². The van der Waals surface area contributed by atoms with Gasteiger partial charge in [-0.15, -0.1) is 11.3 Å². The molecule has 0 bridgehead atoms. The number of aromatic nitrogens is 6. The standard InChI is InChI=1S/C52H70N10O10S/c1-8-61-45-41(29-55-39(19-20-52(6,7)68)43(45)58-48(61)44-47(53)60-72-59-44)71-22-13-11-9-10-12-14-42(65)54-21-23-69-24-25-70-31-37(64)26-38(51(3,4)5)50(67)62-30-36(63)27-40(62)49(66)56-28-34-15-17-35(18-16-34)46-33(2)57-32-73-46/h15-18,29,32,36,38,40,63,68H,8-14,21-28,30-31H2,1-7H3,(H2,53,60)(H,54,65)(H,56,66)/t36-,38-,40+/m1/s1. The number of imidazole rings is 1. The van der Waals surface area contributed by atoms with E-state index in [2.05, 4.69) is 42.8 Å². The Morgan fingerprint density at radius 3 is 2.40 bits per heavy atom. The van der Waals surface area contributed by atoms with Gasteiger partial charge in [-0.05, 0) is 73.3 Å². The van der Waals surface area contributed by atoms with Gasteiger partial charge in [0, 0.05) is 51.4 Å². The van der Waals surface area contributed by atoms with Crippen molar-refractivity contribution in [3.63, 3.8) is 0 Å². The Hall–Kier alpha value is -6.31. The molecule has 1 aliphatic heterocycles. The number of nitrogens with one attached hydrogen (secondary N) is 2. The number of unbranched alkanes of at least 4 members (excludes halogenated alkanes) is 4. The largest absolute Gasteiger partial charge is 0.490 e. The van der Waals surface area contributed by atoms with Gasteiger partial charge in [0.25, 0.3) is 0 Å². The summed E-state index contributed by atoms with van der Waals surface area (Å²) in [6.45, 7) is 14.7. The molecule has 394 valence electrons. The lowest BCUT2D eigenvalue weighted by Gasteiger charge is -2.34. The monoisotopic (exact) mass is 1030 g/mol. The van der Waals surface area contributed by atoms with Crippen molar-refractivity contribution in [1.82, 2.24) is 45.4 Å². The molecule has 5 heterocycles. The van der Waals surface area contributed by atoms with E-state index in [4.69, 9.17) is 29.6 Å². The van der Waals surface area contributed by atoms with E-state index in [1.165, 1.54) is 4.90 Å². The quantitative estimate of drug-likeness (QED) is 0.0342. The summed E-state index contributed by atoms with van der Waals surface area (Å²) >= 11 is 1.57. The number of aryl methyl sites for hydroxylation is 2. The zero-order valence-electron chi connectivity index (χ0n) is 43.0. The Bertz CT molecular complexity index is 2710. The fraction of sp³-hybridized carbons (Fsp3) is 0.558. The maximum Gasteiger partial charge on any atom is 0.243 e. The maximum absolute atomic E-state index is 14.0. The number of aliphatic hydroxyl groups is 2. The minimum Gasteiger partial charge on any atom is -0.490 e. The van der Waals surface area contributed by atoms with Crippen LogP contribution in [0.4, 0.5) is 5.82 Å². The number of amides is 3. The Morgan fingerprint density at radius 2 is 1.71 bits per heavy atom. The molecule has 5 aromatic rings. The molecule has 0 radical (unpaired) electrons. The van der Waals surface area contributed by atoms with E-state index in [1.807, 2.05) is 69.0 Å². The number of likely N-dealkylation sites (tertiary alicyclic amines) is 1. The minimum atomic E-state index is -1.23. The van der Waals surface area contributed by atoms with Gasteiger partial charge < -0.3 is 50.3 Å². The predicted molar refractivity (Wildman–Crippen MR) is 275 cm³/mol. The van der Waals surface area contributed by atoms with Crippen LogP contribution in [0, 0.1) is 30.1 Å². The van der Waals surface area contributed by atoms with Gasteiger partial charge in [0.1, 0.15) is 35.0 Å². The number of hydrogen-bond acceptors (Lipinski definition) is 17. The number of ketones is 1. The number of nitrogen functional groups attached to an aromatic ring is 1. The lowest BCUT2D eigenvalue weighted by molar-refractivity contribution is -0.146. The number of thiazole rings is 1. The summed E-state index contributed by atoms with van der Waals surface area (Å²) in [5.41, 5.74) is 10.7. The number of fused-ring (bicyclic) bond motifs is 1. The number of β-amino-alcohol motifs (C(OH)–C–C–N with tert-alkyl or cyclic N) is 1. The van der Waals surface area contributed by atoms with Gasteiger partial charge in [0.15, 0.2) is 28.9 Å². The Kier molecular flexibility index (Phi) is 20.0. The molecule has 3 amide bonds. The summed E-state index contributed by atoms with van der Waals surface area (Å²) in [5.74, 6) is 5.02. The summed E-state index contributed by atoms with van der Waals surface area (Å²) in [4.78, 5) is 69.1. The van der Waals surface area contributed by atoms with Crippen molar-refractivity contribution >= 4 is 51.7 Å². The van der Waals surface area contributed by atoms with Crippen LogP contribution in [0.25, 0.3) is 33.0 Å². The van der Waals surface area contributed by atoms with Gasteiger partial charge in [-0.25, -0.2) is 19.6 Å². The molecule has 1 aromatic carbocycles. The molecule has 21 heteroatoms. The third kappa shape index (κ3) is 15.8. The van der Waals surface area contributed by atoms with Gasteiger partial charge in [-0.3, -0.25) is 19.2 Å². The molecule has 1 saturated heterocycles. The zero-order valence-corrected chi connectivity index (χ0v) is 43.8. The summed E-state index contributed by atoms with van der Waals surface area (Å²) in [6.07, 6.45) is 5.42. The van der Waals surface area contributed by atoms with Gasteiger partial charge in [0.2, 0.25) is 17.7 Å². The highest BCUT2D eigenvalue weighted by Gasteiger charge is 2.44. The lowest BCUT2D eigenvalue weighted by atomic mass is 9.77. The maximum atomic E-state index is 14.0. The molecule has 0 saturated carbocycles. The Morgan fingerprint density at radius 1 is 0.973 bits per heavy atom. The molecule has 6 N–H and O–H groups in total. The van der Waals surface area contributed by atoms with Crippen LogP contribution in [0.2, 0.25) is 0 Å². The van der Waals surface area contributed by atoms with E-state index >= 15 is 0 Å². The van der Waals surface area contributed by atoms with Crippen LogP contribution in [0.5, 0.6) is 5.75 Å². The minimum absolute atomic E-state index is 0.00832. The van der Waals surface area contributed by atoms with Crippen molar-refractivity contribution in [1.29, 1.82) is 0 Å². The van der Waals surface area contributed by atoms with Gasteiger partial charge in [0.05, 0.1) is 54.8 Å². The fourth-order valence-electron chi connectivity index (χ4n) is 8.44. The molecule has 4 aromatic heterocycles. The van der Waals surface area contributed by atoms with Gasteiger partial charge >= 0.3 is 0 Å². The second kappa shape index (κ2) is 26.1. The third-order valence-electron chi connectivity index (χ3n) is 12.3.